The van der Waals surface area contributed by atoms with Crippen molar-refractivity contribution in [1.29, 1.82) is 0 Å². The second kappa shape index (κ2) is 6.00. The van der Waals surface area contributed by atoms with Crippen LogP contribution in [-0.4, -0.2) is 11.5 Å². The molecule has 0 saturated carbocycles. The quantitative estimate of drug-likeness (QED) is 0.419. The fourth-order valence-electron chi connectivity index (χ4n) is 3.69. The highest BCUT2D eigenvalue weighted by molar-refractivity contribution is 6.18. The minimum atomic E-state index is -2.30. The molecule has 0 saturated heterocycles. The average Bonchev–Trinajstić information content (AvgIpc) is 3.17. The number of oxime groups is 1. The van der Waals surface area contributed by atoms with Gasteiger partial charge in [-0.2, -0.15) is 8.78 Å². The van der Waals surface area contributed by atoms with E-state index in [1.165, 1.54) is 18.2 Å². The highest BCUT2D eigenvalue weighted by atomic mass is 19.2. The maximum atomic E-state index is 14.1. The van der Waals surface area contributed by atoms with Crippen molar-refractivity contribution in [2.75, 3.05) is 0 Å². The van der Waals surface area contributed by atoms with Crippen molar-refractivity contribution >= 4 is 11.5 Å². The number of ketones is 1. The summed E-state index contributed by atoms with van der Waals surface area (Å²) in [5.74, 6) is -13.9. The third-order valence-corrected chi connectivity index (χ3v) is 5.01. The predicted molar refractivity (Wildman–Crippen MR) is 88.5 cm³/mol. The molecule has 2 aromatic carbocycles. The van der Waals surface area contributed by atoms with Crippen LogP contribution >= 0.6 is 0 Å². The summed E-state index contributed by atoms with van der Waals surface area (Å²) < 4.78 is 73.5. The van der Waals surface area contributed by atoms with E-state index in [1.807, 2.05) is 0 Å². The Kier molecular flexibility index (Phi) is 3.64. The van der Waals surface area contributed by atoms with Crippen LogP contribution in [0.15, 0.2) is 52.9 Å². The molecule has 1 heterocycles. The van der Waals surface area contributed by atoms with Gasteiger partial charge in [0, 0.05) is 11.1 Å². The number of ether oxygens (including phenoxy) is 1. The lowest BCUT2D eigenvalue weighted by Gasteiger charge is -2.30. The summed E-state index contributed by atoms with van der Waals surface area (Å²) in [5, 5.41) is 3.92. The lowest BCUT2D eigenvalue weighted by Crippen LogP contribution is -2.33. The standard InChI is InChI=1S/C20H8F5NO3/c21-13-14(22)16(24)20(17(25)15(13)23)28-10-6-5-9-11-12(10)18(27)7-3-1-2-4-8(7)19(11)29-26-9/h1-6,11,19H. The number of allylic oxidation sites excluding steroid dienone is 2. The van der Waals surface area contributed by atoms with Crippen LogP contribution in [0.5, 0.6) is 5.75 Å². The van der Waals surface area contributed by atoms with Crippen molar-refractivity contribution in [3.63, 3.8) is 0 Å². The van der Waals surface area contributed by atoms with Crippen LogP contribution < -0.4 is 4.74 Å². The molecule has 5 rings (SSSR count). The van der Waals surface area contributed by atoms with E-state index in [2.05, 4.69) is 5.16 Å². The molecular formula is C20H8F5NO3. The van der Waals surface area contributed by atoms with Gasteiger partial charge in [0.05, 0.1) is 17.2 Å². The number of benzene rings is 2. The molecule has 0 radical (unpaired) electrons. The molecule has 2 atom stereocenters. The van der Waals surface area contributed by atoms with Gasteiger partial charge in [0.2, 0.25) is 34.8 Å². The fraction of sp³-hybridized carbons (Fsp3) is 0.100. The Balaban J connectivity index is 1.69. The summed E-state index contributed by atoms with van der Waals surface area (Å²) in [6.07, 6.45) is 1.91. The molecule has 0 spiro atoms. The number of fused-ring (bicyclic) bond motifs is 2. The third-order valence-electron chi connectivity index (χ3n) is 5.01. The van der Waals surface area contributed by atoms with Gasteiger partial charge in [-0.1, -0.05) is 29.4 Å². The third kappa shape index (κ3) is 2.30. The zero-order valence-corrected chi connectivity index (χ0v) is 14.2. The largest absolute Gasteiger partial charge is 0.450 e. The molecular weight excluding hydrogens is 397 g/mol. The molecule has 0 fully saturated rings. The predicted octanol–water partition coefficient (Wildman–Crippen LogP) is 4.52. The van der Waals surface area contributed by atoms with Crippen molar-refractivity contribution in [2.24, 2.45) is 11.1 Å². The smallest absolute Gasteiger partial charge is 0.207 e. The zero-order valence-electron chi connectivity index (χ0n) is 14.2. The van der Waals surface area contributed by atoms with E-state index in [0.717, 1.165) is 0 Å². The normalized spacial score (nSPS) is 21.6. The first kappa shape index (κ1) is 17.6. The maximum Gasteiger partial charge on any atom is 0.207 e. The van der Waals surface area contributed by atoms with Gasteiger partial charge in [0.1, 0.15) is 5.76 Å². The molecule has 9 heteroatoms. The Morgan fingerprint density at radius 1 is 0.897 bits per heavy atom. The molecule has 0 N–H and O–H groups in total. The molecule has 0 aromatic heterocycles. The van der Waals surface area contributed by atoms with E-state index in [1.54, 1.807) is 18.2 Å². The first-order valence-corrected chi connectivity index (χ1v) is 8.39. The van der Waals surface area contributed by atoms with Crippen molar-refractivity contribution < 1.29 is 36.3 Å². The number of Topliss-reactive ketones (excluding diaryl/α,β-unsaturated/α-hetero) is 1. The fourth-order valence-corrected chi connectivity index (χ4v) is 3.69. The minimum absolute atomic E-state index is 0.0311. The monoisotopic (exact) mass is 405 g/mol. The summed E-state index contributed by atoms with van der Waals surface area (Å²) in [5.41, 5.74) is 1.21. The number of hydrogen-bond donors (Lipinski definition) is 0. The van der Waals surface area contributed by atoms with Crippen LogP contribution in [0.2, 0.25) is 0 Å². The number of halogens is 5. The number of carbonyl (C=O) groups excluding carboxylic acids is 1. The summed E-state index contributed by atoms with van der Waals surface area (Å²) in [6.45, 7) is 0. The van der Waals surface area contributed by atoms with Gasteiger partial charge < -0.3 is 9.57 Å². The summed E-state index contributed by atoms with van der Waals surface area (Å²) in [7, 11) is 0. The lowest BCUT2D eigenvalue weighted by molar-refractivity contribution is 0.0602. The van der Waals surface area contributed by atoms with E-state index in [0.29, 0.717) is 11.3 Å². The lowest BCUT2D eigenvalue weighted by atomic mass is 9.73. The average molecular weight is 405 g/mol. The molecule has 2 aliphatic carbocycles. The number of hydrogen-bond acceptors (Lipinski definition) is 4. The molecule has 3 aliphatic rings. The van der Waals surface area contributed by atoms with E-state index >= 15 is 0 Å². The van der Waals surface area contributed by atoms with Gasteiger partial charge in [-0.05, 0) is 12.2 Å². The Hall–Kier alpha value is -3.49. The van der Waals surface area contributed by atoms with E-state index in [9.17, 15) is 26.7 Å². The van der Waals surface area contributed by atoms with Crippen molar-refractivity contribution in [1.82, 2.24) is 0 Å². The highest BCUT2D eigenvalue weighted by Gasteiger charge is 2.48. The van der Waals surface area contributed by atoms with Gasteiger partial charge in [-0.3, -0.25) is 4.79 Å². The SMILES string of the molecule is O=C1C2=C(Oc3c(F)c(F)c(F)c(F)c3F)C=CC3=NOC(c4ccccc41)C32. The van der Waals surface area contributed by atoms with Crippen molar-refractivity contribution in [3.8, 4) is 5.75 Å². The molecule has 1 aliphatic heterocycles. The summed E-state index contributed by atoms with van der Waals surface area (Å²) in [4.78, 5) is 18.5. The van der Waals surface area contributed by atoms with Crippen LogP contribution in [0.25, 0.3) is 0 Å². The molecule has 4 nitrogen and oxygen atoms in total. The molecule has 0 bridgehead atoms. The Morgan fingerprint density at radius 2 is 1.55 bits per heavy atom. The first-order chi connectivity index (χ1) is 13.9. The second-order valence-electron chi connectivity index (χ2n) is 6.55. The Bertz CT molecular complexity index is 1170. The molecule has 146 valence electrons. The van der Waals surface area contributed by atoms with Crippen LogP contribution in [-0.2, 0) is 4.84 Å². The molecule has 2 aromatic rings. The number of nitrogens with zero attached hydrogens (tertiary/aromatic N) is 1. The van der Waals surface area contributed by atoms with E-state index in [4.69, 9.17) is 9.57 Å². The maximum absolute atomic E-state index is 14.1. The van der Waals surface area contributed by atoms with Gasteiger partial charge in [0.25, 0.3) is 0 Å². The highest BCUT2D eigenvalue weighted by Crippen LogP contribution is 2.47. The number of rotatable bonds is 2. The Morgan fingerprint density at radius 3 is 2.28 bits per heavy atom. The van der Waals surface area contributed by atoms with E-state index in [-0.39, 0.29) is 16.9 Å². The molecule has 0 amide bonds. The van der Waals surface area contributed by atoms with Gasteiger partial charge in [-0.25, -0.2) is 13.2 Å². The van der Waals surface area contributed by atoms with Gasteiger partial charge >= 0.3 is 0 Å². The van der Waals surface area contributed by atoms with Crippen molar-refractivity contribution in [2.45, 2.75) is 6.10 Å². The van der Waals surface area contributed by atoms with Gasteiger partial charge in [0.15, 0.2) is 11.9 Å². The van der Waals surface area contributed by atoms with Gasteiger partial charge in [-0.15, -0.1) is 0 Å². The van der Waals surface area contributed by atoms with Crippen LogP contribution in [0, 0.1) is 35.0 Å². The molecule has 2 unspecified atom stereocenters. The number of carbonyl (C=O) groups is 1. The topological polar surface area (TPSA) is 47.9 Å². The summed E-state index contributed by atoms with van der Waals surface area (Å²) >= 11 is 0. The minimum Gasteiger partial charge on any atom is -0.450 e. The Labute approximate surface area is 159 Å². The zero-order chi connectivity index (χ0) is 20.4. The van der Waals surface area contributed by atoms with Crippen LogP contribution in [0.3, 0.4) is 0 Å². The second-order valence-corrected chi connectivity index (χ2v) is 6.55. The van der Waals surface area contributed by atoms with Crippen molar-refractivity contribution in [3.05, 3.63) is 88.0 Å². The molecule has 29 heavy (non-hydrogen) atoms. The van der Waals surface area contributed by atoms with Crippen LogP contribution in [0.4, 0.5) is 22.0 Å². The first-order valence-electron chi connectivity index (χ1n) is 8.39. The van der Waals surface area contributed by atoms with Crippen LogP contribution in [0.1, 0.15) is 22.0 Å². The van der Waals surface area contributed by atoms with E-state index < -0.39 is 52.6 Å². The summed E-state index contributed by atoms with van der Waals surface area (Å²) in [6, 6.07) is 6.57.